The maximum Gasteiger partial charge on any atom is 0.134 e. The molecular formula is C10H11Cl2NO. The van der Waals surface area contributed by atoms with Crippen LogP contribution in [-0.4, -0.2) is 6.54 Å². The highest BCUT2D eigenvalue weighted by Crippen LogP contribution is 2.22. The highest BCUT2D eigenvalue weighted by molar-refractivity contribution is 6.31. The molecule has 0 aliphatic carbocycles. The number of rotatable bonds is 2. The lowest BCUT2D eigenvalue weighted by atomic mass is 10.2. The lowest BCUT2D eigenvalue weighted by Crippen LogP contribution is -2.01. The molecule has 0 spiro atoms. The van der Waals surface area contributed by atoms with Gasteiger partial charge in [-0.3, -0.25) is 0 Å². The Kier molecular flexibility index (Phi) is 3.81. The fraction of sp³-hybridized carbons (Fsp3) is 0.200. The molecule has 2 nitrogen and oxygen atoms in total. The van der Waals surface area contributed by atoms with Gasteiger partial charge in [-0.05, 0) is 30.8 Å². The highest BCUT2D eigenvalue weighted by atomic mass is 35.5. The lowest BCUT2D eigenvalue weighted by molar-refractivity contribution is 0.550. The van der Waals surface area contributed by atoms with Crippen molar-refractivity contribution in [3.05, 3.63) is 35.0 Å². The molecule has 2 N–H and O–H groups in total. The van der Waals surface area contributed by atoms with Crippen LogP contribution in [0.25, 0.3) is 11.0 Å². The van der Waals surface area contributed by atoms with Crippen molar-refractivity contribution in [2.45, 2.75) is 6.42 Å². The molecule has 0 unspecified atom stereocenters. The van der Waals surface area contributed by atoms with Crippen LogP contribution >= 0.6 is 24.0 Å². The number of hydrogen-bond acceptors (Lipinski definition) is 2. The van der Waals surface area contributed by atoms with E-state index >= 15 is 0 Å². The van der Waals surface area contributed by atoms with Gasteiger partial charge in [-0.1, -0.05) is 11.6 Å². The van der Waals surface area contributed by atoms with E-state index in [1.807, 2.05) is 24.3 Å². The van der Waals surface area contributed by atoms with Crippen molar-refractivity contribution >= 4 is 35.0 Å². The van der Waals surface area contributed by atoms with Crippen molar-refractivity contribution < 1.29 is 4.42 Å². The molecule has 0 radical (unpaired) electrons. The molecular weight excluding hydrogens is 221 g/mol. The molecule has 0 aliphatic rings. The number of fused-ring (bicyclic) bond motifs is 1. The SMILES string of the molecule is Cl.NCCc1cc2cc(Cl)ccc2o1. The van der Waals surface area contributed by atoms with Gasteiger partial charge in [0.2, 0.25) is 0 Å². The van der Waals surface area contributed by atoms with Crippen LogP contribution in [0, 0.1) is 0 Å². The summed E-state index contributed by atoms with van der Waals surface area (Å²) >= 11 is 5.84. The molecule has 0 fully saturated rings. The fourth-order valence-electron chi connectivity index (χ4n) is 1.33. The van der Waals surface area contributed by atoms with Crippen molar-refractivity contribution in [1.82, 2.24) is 0 Å². The minimum absolute atomic E-state index is 0. The molecule has 1 aromatic carbocycles. The van der Waals surface area contributed by atoms with Gasteiger partial charge in [-0.2, -0.15) is 0 Å². The number of hydrogen-bond donors (Lipinski definition) is 1. The number of nitrogens with two attached hydrogens (primary N) is 1. The minimum Gasteiger partial charge on any atom is -0.461 e. The van der Waals surface area contributed by atoms with Gasteiger partial charge in [0.1, 0.15) is 11.3 Å². The van der Waals surface area contributed by atoms with Crippen molar-refractivity contribution in [1.29, 1.82) is 0 Å². The van der Waals surface area contributed by atoms with Gasteiger partial charge in [-0.25, -0.2) is 0 Å². The molecule has 1 heterocycles. The first kappa shape index (κ1) is 11.4. The zero-order valence-corrected chi connectivity index (χ0v) is 9.07. The average Bonchev–Trinajstić information content (AvgIpc) is 2.46. The second-order valence-electron chi connectivity index (χ2n) is 2.93. The Labute approximate surface area is 93.4 Å². The molecule has 0 amide bonds. The topological polar surface area (TPSA) is 39.2 Å². The van der Waals surface area contributed by atoms with Gasteiger partial charge in [0.15, 0.2) is 0 Å². The Balaban J connectivity index is 0.000000980. The first-order chi connectivity index (χ1) is 6.29. The summed E-state index contributed by atoms with van der Waals surface area (Å²) < 4.78 is 5.52. The van der Waals surface area contributed by atoms with Crippen molar-refractivity contribution in [2.24, 2.45) is 5.73 Å². The molecule has 14 heavy (non-hydrogen) atoms. The molecule has 0 saturated heterocycles. The molecule has 2 rings (SSSR count). The molecule has 76 valence electrons. The van der Waals surface area contributed by atoms with E-state index in [0.29, 0.717) is 6.54 Å². The quantitative estimate of drug-likeness (QED) is 0.864. The standard InChI is InChI=1S/C10H10ClNO.ClH/c11-8-1-2-10-7(5-8)6-9(13-10)3-4-12;/h1-2,5-6H,3-4,12H2;1H. The second kappa shape index (κ2) is 4.69. The van der Waals surface area contributed by atoms with Crippen LogP contribution in [0.4, 0.5) is 0 Å². The van der Waals surface area contributed by atoms with E-state index < -0.39 is 0 Å². The predicted octanol–water partition coefficient (Wildman–Crippen LogP) is 3.01. The zero-order chi connectivity index (χ0) is 9.26. The average molecular weight is 232 g/mol. The molecule has 1 aromatic heterocycles. The minimum atomic E-state index is 0. The Hall–Kier alpha value is -0.700. The highest BCUT2D eigenvalue weighted by Gasteiger charge is 2.02. The summed E-state index contributed by atoms with van der Waals surface area (Å²) in [6, 6.07) is 7.56. The third-order valence-electron chi connectivity index (χ3n) is 1.92. The maximum absolute atomic E-state index is 5.84. The van der Waals surface area contributed by atoms with Crippen LogP contribution in [0.5, 0.6) is 0 Å². The predicted molar refractivity (Wildman–Crippen MR) is 61.2 cm³/mol. The van der Waals surface area contributed by atoms with Crippen LogP contribution < -0.4 is 5.73 Å². The Morgan fingerprint density at radius 1 is 1.29 bits per heavy atom. The summed E-state index contributed by atoms with van der Waals surface area (Å²) in [6.07, 6.45) is 0.770. The van der Waals surface area contributed by atoms with Gasteiger partial charge in [0.25, 0.3) is 0 Å². The summed E-state index contributed by atoms with van der Waals surface area (Å²) in [7, 11) is 0. The lowest BCUT2D eigenvalue weighted by Gasteiger charge is -1.88. The zero-order valence-electron chi connectivity index (χ0n) is 7.50. The number of halogens is 2. The summed E-state index contributed by atoms with van der Waals surface area (Å²) in [6.45, 7) is 0.605. The van der Waals surface area contributed by atoms with Crippen molar-refractivity contribution in [3.8, 4) is 0 Å². The Bertz CT molecular complexity index is 425. The Morgan fingerprint density at radius 3 is 2.79 bits per heavy atom. The maximum atomic E-state index is 5.84. The van der Waals surface area contributed by atoms with Gasteiger partial charge in [0.05, 0.1) is 0 Å². The first-order valence-electron chi connectivity index (χ1n) is 4.17. The van der Waals surface area contributed by atoms with Gasteiger partial charge in [0, 0.05) is 16.8 Å². The smallest absolute Gasteiger partial charge is 0.134 e. The van der Waals surface area contributed by atoms with Crippen LogP contribution in [0.2, 0.25) is 5.02 Å². The van der Waals surface area contributed by atoms with Crippen LogP contribution in [0.3, 0.4) is 0 Å². The summed E-state index contributed by atoms with van der Waals surface area (Å²) in [4.78, 5) is 0. The van der Waals surface area contributed by atoms with E-state index in [4.69, 9.17) is 21.8 Å². The van der Waals surface area contributed by atoms with Crippen LogP contribution in [0.1, 0.15) is 5.76 Å². The fourth-order valence-corrected chi connectivity index (χ4v) is 1.52. The number of benzene rings is 1. The monoisotopic (exact) mass is 231 g/mol. The largest absolute Gasteiger partial charge is 0.461 e. The van der Waals surface area contributed by atoms with Crippen molar-refractivity contribution in [2.75, 3.05) is 6.54 Å². The molecule has 0 bridgehead atoms. The van der Waals surface area contributed by atoms with Gasteiger partial charge < -0.3 is 10.2 Å². The van der Waals surface area contributed by atoms with Crippen LogP contribution in [-0.2, 0) is 6.42 Å². The molecule has 0 saturated carbocycles. The van der Waals surface area contributed by atoms with Crippen LogP contribution in [0.15, 0.2) is 28.7 Å². The van der Waals surface area contributed by atoms with E-state index in [9.17, 15) is 0 Å². The van der Waals surface area contributed by atoms with E-state index in [0.717, 1.165) is 28.2 Å². The van der Waals surface area contributed by atoms with Crippen molar-refractivity contribution in [3.63, 3.8) is 0 Å². The first-order valence-corrected chi connectivity index (χ1v) is 4.55. The van der Waals surface area contributed by atoms with Gasteiger partial charge >= 0.3 is 0 Å². The molecule has 2 aromatic rings. The second-order valence-corrected chi connectivity index (χ2v) is 3.37. The molecule has 0 atom stereocenters. The summed E-state index contributed by atoms with van der Waals surface area (Å²) in [5, 5.41) is 1.77. The van der Waals surface area contributed by atoms with E-state index in [1.54, 1.807) is 0 Å². The normalized spacial score (nSPS) is 10.1. The third kappa shape index (κ3) is 2.21. The molecule has 4 heteroatoms. The number of furan rings is 1. The molecule has 0 aliphatic heterocycles. The van der Waals surface area contributed by atoms with E-state index in [2.05, 4.69) is 0 Å². The van der Waals surface area contributed by atoms with E-state index in [1.165, 1.54) is 0 Å². The summed E-state index contributed by atoms with van der Waals surface area (Å²) in [5.74, 6) is 0.916. The summed E-state index contributed by atoms with van der Waals surface area (Å²) in [5.41, 5.74) is 6.29. The van der Waals surface area contributed by atoms with Gasteiger partial charge in [-0.15, -0.1) is 12.4 Å². The third-order valence-corrected chi connectivity index (χ3v) is 2.16. The van der Waals surface area contributed by atoms with E-state index in [-0.39, 0.29) is 12.4 Å². The Morgan fingerprint density at radius 2 is 2.07 bits per heavy atom.